The minimum absolute atomic E-state index is 0.0432. The van der Waals surface area contributed by atoms with Gasteiger partial charge in [-0.05, 0) is 55.3 Å². The number of anilines is 1. The summed E-state index contributed by atoms with van der Waals surface area (Å²) in [6.45, 7) is 2.17. The first-order valence-corrected chi connectivity index (χ1v) is 12.3. The minimum atomic E-state index is -3.91. The molecule has 0 spiro atoms. The summed E-state index contributed by atoms with van der Waals surface area (Å²) in [5.74, 6) is -0.937. The van der Waals surface area contributed by atoms with Crippen molar-refractivity contribution in [1.82, 2.24) is 4.31 Å². The molecule has 2 aliphatic heterocycles. The second-order valence-electron chi connectivity index (χ2n) is 7.75. The number of hydrogen-bond donors (Lipinski definition) is 0. The number of carbonyl (C=O) groups is 1. The average Bonchev–Trinajstić information content (AvgIpc) is 3.32. The fourth-order valence-electron chi connectivity index (χ4n) is 3.83. The fourth-order valence-corrected chi connectivity index (χ4v) is 5.76. The van der Waals surface area contributed by atoms with Gasteiger partial charge in [0.05, 0.1) is 16.7 Å². The van der Waals surface area contributed by atoms with Crippen LogP contribution in [0.3, 0.4) is 0 Å². The van der Waals surface area contributed by atoms with E-state index in [0.29, 0.717) is 19.7 Å². The number of carbonyl (C=O) groups excluding carboxylic acids is 1. The summed E-state index contributed by atoms with van der Waals surface area (Å²) in [7, 11) is -3.91. The molecule has 1 unspecified atom stereocenters. The molecule has 2 aromatic carbocycles. The largest absolute Gasteiger partial charge is 0.459 e. The van der Waals surface area contributed by atoms with Gasteiger partial charge in [-0.1, -0.05) is 11.6 Å². The van der Waals surface area contributed by atoms with Crippen molar-refractivity contribution >= 4 is 33.3 Å². The molecule has 0 amide bonds. The Morgan fingerprint density at radius 1 is 1.12 bits per heavy atom. The standard InChI is InChI=1S/C22H24ClFN2O5S/c23-20-8-3-16(22(27)31-15-19-2-1-13-30-19)14-21(20)32(28,29)26-11-9-25(10-12-26)18-6-4-17(24)5-7-18/h3-8,14,19H,1-2,9-13,15H2. The van der Waals surface area contributed by atoms with E-state index in [9.17, 15) is 17.6 Å². The summed E-state index contributed by atoms with van der Waals surface area (Å²) in [5, 5.41) is 0.0432. The van der Waals surface area contributed by atoms with Gasteiger partial charge in [0.25, 0.3) is 0 Å². The van der Waals surface area contributed by atoms with Gasteiger partial charge in [-0.3, -0.25) is 0 Å². The number of benzene rings is 2. The van der Waals surface area contributed by atoms with E-state index < -0.39 is 16.0 Å². The average molecular weight is 483 g/mol. The summed E-state index contributed by atoms with van der Waals surface area (Å²) in [6.07, 6.45) is 1.64. The first-order chi connectivity index (χ1) is 15.3. The van der Waals surface area contributed by atoms with Crippen LogP contribution in [0.25, 0.3) is 0 Å². The van der Waals surface area contributed by atoms with Crippen molar-refractivity contribution in [3.8, 4) is 0 Å². The molecule has 4 rings (SSSR count). The number of rotatable bonds is 6. The van der Waals surface area contributed by atoms with Crippen molar-refractivity contribution in [1.29, 1.82) is 0 Å². The highest BCUT2D eigenvalue weighted by Gasteiger charge is 2.31. The predicted octanol–water partition coefficient (Wildman–Crippen LogP) is 3.33. The fraction of sp³-hybridized carbons (Fsp3) is 0.409. The highest BCUT2D eigenvalue weighted by atomic mass is 35.5. The molecule has 0 aliphatic carbocycles. The molecular weight excluding hydrogens is 459 g/mol. The maximum Gasteiger partial charge on any atom is 0.338 e. The van der Waals surface area contributed by atoms with E-state index in [1.54, 1.807) is 12.1 Å². The highest BCUT2D eigenvalue weighted by molar-refractivity contribution is 7.89. The van der Waals surface area contributed by atoms with Gasteiger partial charge in [0.1, 0.15) is 17.3 Å². The van der Waals surface area contributed by atoms with Gasteiger partial charge in [-0.25, -0.2) is 17.6 Å². The second kappa shape index (κ2) is 9.74. The van der Waals surface area contributed by atoms with E-state index in [1.165, 1.54) is 34.6 Å². The van der Waals surface area contributed by atoms with E-state index in [0.717, 1.165) is 18.5 Å². The Labute approximate surface area is 191 Å². The number of esters is 1. The second-order valence-corrected chi connectivity index (χ2v) is 10.1. The van der Waals surface area contributed by atoms with Crippen molar-refractivity contribution in [3.05, 3.63) is 58.9 Å². The Hall–Kier alpha value is -2.20. The Bertz CT molecular complexity index is 1070. The van der Waals surface area contributed by atoms with E-state index in [4.69, 9.17) is 21.1 Å². The van der Waals surface area contributed by atoms with Crippen LogP contribution in [-0.4, -0.2) is 64.2 Å². The molecule has 2 aromatic rings. The number of sulfonamides is 1. The molecule has 0 saturated carbocycles. The van der Waals surface area contributed by atoms with Crippen LogP contribution in [0.5, 0.6) is 0 Å². The van der Waals surface area contributed by atoms with E-state index in [2.05, 4.69) is 0 Å². The molecule has 7 nitrogen and oxygen atoms in total. The zero-order chi connectivity index (χ0) is 22.7. The third-order valence-corrected chi connectivity index (χ3v) is 8.02. The number of ether oxygens (including phenoxy) is 2. The lowest BCUT2D eigenvalue weighted by Gasteiger charge is -2.35. The monoisotopic (exact) mass is 482 g/mol. The van der Waals surface area contributed by atoms with Crippen LogP contribution < -0.4 is 4.90 Å². The molecule has 32 heavy (non-hydrogen) atoms. The van der Waals surface area contributed by atoms with E-state index >= 15 is 0 Å². The Morgan fingerprint density at radius 2 is 1.84 bits per heavy atom. The molecule has 2 aliphatic rings. The number of nitrogens with zero attached hydrogens (tertiary/aromatic N) is 2. The number of piperazine rings is 1. The normalized spacial score (nSPS) is 19.8. The van der Waals surface area contributed by atoms with Crippen LogP contribution in [-0.2, 0) is 19.5 Å². The van der Waals surface area contributed by atoms with Crippen LogP contribution >= 0.6 is 11.6 Å². The van der Waals surface area contributed by atoms with Gasteiger partial charge in [0.2, 0.25) is 10.0 Å². The third kappa shape index (κ3) is 5.06. The van der Waals surface area contributed by atoms with Gasteiger partial charge < -0.3 is 14.4 Å². The zero-order valence-corrected chi connectivity index (χ0v) is 18.9. The lowest BCUT2D eigenvalue weighted by atomic mass is 10.2. The maximum absolute atomic E-state index is 13.2. The molecule has 172 valence electrons. The van der Waals surface area contributed by atoms with Gasteiger partial charge >= 0.3 is 5.97 Å². The van der Waals surface area contributed by atoms with E-state index in [1.807, 2.05) is 4.90 Å². The lowest BCUT2D eigenvalue weighted by Crippen LogP contribution is -2.48. The van der Waals surface area contributed by atoms with Crippen molar-refractivity contribution in [2.45, 2.75) is 23.8 Å². The zero-order valence-electron chi connectivity index (χ0n) is 17.4. The molecule has 2 saturated heterocycles. The summed E-state index contributed by atoms with van der Waals surface area (Å²) in [4.78, 5) is 14.3. The molecular formula is C22H24ClFN2O5S. The van der Waals surface area contributed by atoms with Crippen LogP contribution in [0.1, 0.15) is 23.2 Å². The van der Waals surface area contributed by atoms with Gasteiger partial charge in [-0.2, -0.15) is 4.31 Å². The highest BCUT2D eigenvalue weighted by Crippen LogP contribution is 2.28. The molecule has 10 heteroatoms. The van der Waals surface area contributed by atoms with E-state index in [-0.39, 0.29) is 47.1 Å². The first kappa shape index (κ1) is 23.0. The SMILES string of the molecule is O=C(OCC1CCCO1)c1ccc(Cl)c(S(=O)(=O)N2CCN(c3ccc(F)cc3)CC2)c1. The van der Waals surface area contributed by atoms with Crippen LogP contribution in [0.2, 0.25) is 5.02 Å². The minimum Gasteiger partial charge on any atom is -0.459 e. The lowest BCUT2D eigenvalue weighted by molar-refractivity contribution is 0.0161. The van der Waals surface area contributed by atoms with Crippen molar-refractivity contribution in [3.63, 3.8) is 0 Å². The molecule has 0 bridgehead atoms. The summed E-state index contributed by atoms with van der Waals surface area (Å²) < 4.78 is 51.7. The summed E-state index contributed by atoms with van der Waals surface area (Å²) >= 11 is 6.20. The Kier molecular flexibility index (Phi) is 6.99. The van der Waals surface area contributed by atoms with Crippen LogP contribution in [0.4, 0.5) is 10.1 Å². The topological polar surface area (TPSA) is 76.1 Å². The molecule has 0 radical (unpaired) electrons. The molecule has 1 atom stereocenters. The quantitative estimate of drug-likeness (QED) is 0.588. The van der Waals surface area contributed by atoms with Crippen molar-refractivity contribution < 1.29 is 27.1 Å². The number of hydrogen-bond acceptors (Lipinski definition) is 6. The predicted molar refractivity (Wildman–Crippen MR) is 118 cm³/mol. The molecule has 0 aromatic heterocycles. The first-order valence-electron chi connectivity index (χ1n) is 10.4. The van der Waals surface area contributed by atoms with Crippen LogP contribution in [0, 0.1) is 5.82 Å². The molecule has 2 heterocycles. The number of halogens is 2. The third-order valence-electron chi connectivity index (χ3n) is 5.64. The van der Waals surface area contributed by atoms with Gasteiger partial charge in [-0.15, -0.1) is 0 Å². The Balaban J connectivity index is 1.44. The van der Waals surface area contributed by atoms with Crippen molar-refractivity contribution in [2.24, 2.45) is 0 Å². The molecule has 2 fully saturated rings. The molecule has 0 N–H and O–H groups in total. The Morgan fingerprint density at radius 3 is 2.50 bits per heavy atom. The summed E-state index contributed by atoms with van der Waals surface area (Å²) in [5.41, 5.74) is 0.952. The van der Waals surface area contributed by atoms with Crippen LogP contribution in [0.15, 0.2) is 47.4 Å². The smallest absolute Gasteiger partial charge is 0.338 e. The van der Waals surface area contributed by atoms with Crippen molar-refractivity contribution in [2.75, 3.05) is 44.3 Å². The van der Waals surface area contributed by atoms with Gasteiger partial charge in [0.15, 0.2) is 0 Å². The van der Waals surface area contributed by atoms with Gasteiger partial charge in [0, 0.05) is 38.5 Å². The summed E-state index contributed by atoms with van der Waals surface area (Å²) in [6, 6.07) is 10.2. The maximum atomic E-state index is 13.2.